The highest BCUT2D eigenvalue weighted by atomic mass is 32.2. The molecule has 2 saturated heterocycles. The number of aliphatic carboxylic acids is 1. The van der Waals surface area contributed by atoms with Crippen LogP contribution in [0.15, 0.2) is 16.4 Å². The Balaban J connectivity index is 1.41. The van der Waals surface area contributed by atoms with Gasteiger partial charge in [-0.15, -0.1) is 5.10 Å². The summed E-state index contributed by atoms with van der Waals surface area (Å²) in [7, 11) is 1.69. The second kappa shape index (κ2) is 8.89. The lowest BCUT2D eigenvalue weighted by Gasteiger charge is -2.53. The summed E-state index contributed by atoms with van der Waals surface area (Å²) in [5, 5.41) is 24.3. The van der Waals surface area contributed by atoms with Gasteiger partial charge < -0.3 is 20.1 Å². The number of esters is 1. The summed E-state index contributed by atoms with van der Waals surface area (Å²) in [6.07, 6.45) is 0.533. The maximum absolute atomic E-state index is 12.9. The lowest BCUT2D eigenvalue weighted by molar-refractivity contribution is -0.160. The van der Waals surface area contributed by atoms with Gasteiger partial charge in [0.15, 0.2) is 0 Å². The van der Waals surface area contributed by atoms with E-state index in [9.17, 15) is 24.3 Å². The maximum Gasteiger partial charge on any atom is 0.352 e. The number of ether oxygens (including phenoxy) is 1. The van der Waals surface area contributed by atoms with Gasteiger partial charge in [0.25, 0.3) is 5.91 Å². The molecular formula is C20H27N7O6S. The molecule has 4 heterocycles. The number of carboxylic acids is 1. The fraction of sp³-hybridized carbons (Fsp3) is 0.650. The van der Waals surface area contributed by atoms with Gasteiger partial charge in [0, 0.05) is 31.8 Å². The number of likely N-dealkylation sites (tertiary alicyclic amines) is 1. The quantitative estimate of drug-likeness (QED) is 0.300. The highest BCUT2D eigenvalue weighted by Crippen LogP contribution is 2.49. The van der Waals surface area contributed by atoms with Crippen molar-refractivity contribution in [2.24, 2.45) is 13.0 Å². The zero-order valence-corrected chi connectivity index (χ0v) is 20.2. The SMILES string of the molecule is Cn1nnnc1SCC1=C(C(=O)O)N2C(=O)[C@@H]3[C@H]2C1CCN3C(=O)NCCC(=O)OC(C)(C)C. The molecule has 0 aromatic carbocycles. The van der Waals surface area contributed by atoms with Crippen LogP contribution in [0.3, 0.4) is 0 Å². The van der Waals surface area contributed by atoms with E-state index in [4.69, 9.17) is 4.74 Å². The van der Waals surface area contributed by atoms with Gasteiger partial charge in [0.1, 0.15) is 17.3 Å². The van der Waals surface area contributed by atoms with Crippen molar-refractivity contribution in [3.05, 3.63) is 11.3 Å². The van der Waals surface area contributed by atoms with Crippen LogP contribution in [0.2, 0.25) is 0 Å². The number of β-lactam (4-membered cyclic amide) rings is 1. The van der Waals surface area contributed by atoms with Crippen LogP contribution in [0, 0.1) is 5.92 Å². The Hall–Kier alpha value is -3.16. The fourth-order valence-electron chi connectivity index (χ4n) is 4.67. The largest absolute Gasteiger partial charge is 0.477 e. The molecule has 0 bridgehead atoms. The lowest BCUT2D eigenvalue weighted by atomic mass is 9.78. The van der Waals surface area contributed by atoms with Gasteiger partial charge in [-0.3, -0.25) is 14.5 Å². The number of hydrogen-bond acceptors (Lipinski definition) is 9. The normalized spacial score (nSPS) is 23.5. The minimum atomic E-state index is -1.17. The Morgan fingerprint density at radius 3 is 2.65 bits per heavy atom. The first kappa shape index (κ1) is 24.0. The van der Waals surface area contributed by atoms with Crippen LogP contribution in [-0.4, -0.2) is 95.5 Å². The average molecular weight is 494 g/mol. The third kappa shape index (κ3) is 4.33. The number of tetrazole rings is 1. The second-order valence-corrected chi connectivity index (χ2v) is 10.3. The maximum atomic E-state index is 12.9. The van der Waals surface area contributed by atoms with Crippen LogP contribution >= 0.6 is 11.8 Å². The number of carbonyl (C=O) groups is 4. The summed E-state index contributed by atoms with van der Waals surface area (Å²) in [6, 6.07) is -1.59. The van der Waals surface area contributed by atoms with Gasteiger partial charge in [-0.2, -0.15) is 0 Å². The number of aryl methyl sites for hydroxylation is 1. The summed E-state index contributed by atoms with van der Waals surface area (Å²) in [4.78, 5) is 52.4. The zero-order valence-electron chi connectivity index (χ0n) is 19.3. The first-order chi connectivity index (χ1) is 16.0. The molecule has 1 aromatic rings. The molecule has 0 saturated carbocycles. The fourth-order valence-corrected chi connectivity index (χ4v) is 5.62. The molecule has 4 rings (SSSR count). The predicted molar refractivity (Wildman–Crippen MR) is 117 cm³/mol. The van der Waals surface area contributed by atoms with Gasteiger partial charge in [-0.25, -0.2) is 14.3 Å². The Bertz CT molecular complexity index is 1060. The van der Waals surface area contributed by atoms with E-state index in [-0.39, 0.29) is 24.6 Å². The Morgan fingerprint density at radius 1 is 1.29 bits per heavy atom. The number of carbonyl (C=O) groups excluding carboxylic acids is 3. The number of nitrogens with one attached hydrogen (secondary N) is 1. The summed E-state index contributed by atoms with van der Waals surface area (Å²) >= 11 is 1.31. The van der Waals surface area contributed by atoms with Crippen molar-refractivity contribution < 1.29 is 29.0 Å². The molecule has 3 aliphatic heterocycles. The predicted octanol–water partition coefficient (Wildman–Crippen LogP) is -0.00280. The molecule has 14 heteroatoms. The highest BCUT2D eigenvalue weighted by Gasteiger charge is 2.64. The minimum Gasteiger partial charge on any atom is -0.477 e. The number of urea groups is 1. The number of aromatic nitrogens is 4. The number of piperidine rings is 1. The van der Waals surface area contributed by atoms with Crippen LogP contribution in [0.4, 0.5) is 4.79 Å². The first-order valence-electron chi connectivity index (χ1n) is 10.9. The van der Waals surface area contributed by atoms with Crippen molar-refractivity contribution in [2.75, 3.05) is 18.8 Å². The molecule has 2 N–H and O–H groups in total. The molecule has 3 atom stereocenters. The van der Waals surface area contributed by atoms with Gasteiger partial charge in [0.05, 0.1) is 12.5 Å². The number of rotatable bonds is 7. The van der Waals surface area contributed by atoms with Crippen molar-refractivity contribution in [3.63, 3.8) is 0 Å². The van der Waals surface area contributed by atoms with Crippen LogP contribution in [0.5, 0.6) is 0 Å². The number of nitrogens with zero attached hydrogens (tertiary/aromatic N) is 6. The summed E-state index contributed by atoms with van der Waals surface area (Å²) in [5.41, 5.74) is 0.0407. The number of hydrogen-bond donors (Lipinski definition) is 2. The summed E-state index contributed by atoms with van der Waals surface area (Å²) < 4.78 is 6.72. The zero-order chi connectivity index (χ0) is 24.8. The molecule has 34 heavy (non-hydrogen) atoms. The number of carboxylic acid groups (broad SMARTS) is 1. The van der Waals surface area contributed by atoms with Crippen molar-refractivity contribution in [3.8, 4) is 0 Å². The van der Waals surface area contributed by atoms with Crippen molar-refractivity contribution >= 4 is 35.6 Å². The standard InChI is InChI=1S/C20H27N7O6S/c1-20(2,3)33-12(28)5-7-21-18(32)26-8-6-10-11(9-34-19-22-23-24-25(19)4)14(17(30)31)27-13(10)15(26)16(27)29/h10,13,15H,5-9H2,1-4H3,(H,21,32)(H,30,31)/t10?,13-,15+/m1/s1. The Morgan fingerprint density at radius 2 is 2.03 bits per heavy atom. The van der Waals surface area contributed by atoms with Gasteiger partial charge in [0.2, 0.25) is 5.16 Å². The van der Waals surface area contributed by atoms with E-state index in [1.807, 2.05) is 0 Å². The van der Waals surface area contributed by atoms with Gasteiger partial charge in [-0.1, -0.05) is 11.8 Å². The highest BCUT2D eigenvalue weighted by molar-refractivity contribution is 7.99. The summed E-state index contributed by atoms with van der Waals surface area (Å²) in [5.74, 6) is -1.83. The third-order valence-corrected chi connectivity index (χ3v) is 7.02. The molecular weight excluding hydrogens is 466 g/mol. The number of amides is 3. The smallest absolute Gasteiger partial charge is 0.352 e. The van der Waals surface area contributed by atoms with E-state index in [0.29, 0.717) is 29.4 Å². The second-order valence-electron chi connectivity index (χ2n) is 9.35. The van der Waals surface area contributed by atoms with Crippen molar-refractivity contribution in [2.45, 2.75) is 56.5 Å². The molecule has 1 aromatic heterocycles. The van der Waals surface area contributed by atoms with Crippen molar-refractivity contribution in [1.82, 2.24) is 35.3 Å². The average Bonchev–Trinajstić information content (AvgIpc) is 3.29. The van der Waals surface area contributed by atoms with Crippen LogP contribution < -0.4 is 5.32 Å². The Labute approximate surface area is 199 Å². The van der Waals surface area contributed by atoms with Gasteiger partial charge in [-0.05, 0) is 43.2 Å². The molecule has 13 nitrogen and oxygen atoms in total. The van der Waals surface area contributed by atoms with Crippen LogP contribution in [-0.2, 0) is 26.2 Å². The lowest BCUT2D eigenvalue weighted by Crippen LogP contribution is -2.74. The molecule has 1 unspecified atom stereocenters. The number of thioether (sulfide) groups is 1. The van der Waals surface area contributed by atoms with Gasteiger partial charge >= 0.3 is 18.0 Å². The van der Waals surface area contributed by atoms with Crippen LogP contribution in [0.25, 0.3) is 0 Å². The summed E-state index contributed by atoms with van der Waals surface area (Å²) in [6.45, 7) is 5.67. The molecule has 0 radical (unpaired) electrons. The third-order valence-electron chi connectivity index (χ3n) is 5.96. The Kier molecular flexibility index (Phi) is 6.27. The topological polar surface area (TPSA) is 160 Å². The molecule has 184 valence electrons. The van der Waals surface area contributed by atoms with E-state index < -0.39 is 41.6 Å². The molecule has 3 amide bonds. The minimum absolute atomic E-state index is 0.00828. The molecule has 2 fully saturated rings. The van der Waals surface area contributed by atoms with Crippen molar-refractivity contribution in [1.29, 1.82) is 0 Å². The molecule has 0 aliphatic carbocycles. The monoisotopic (exact) mass is 493 g/mol. The van der Waals surface area contributed by atoms with E-state index >= 15 is 0 Å². The van der Waals surface area contributed by atoms with Crippen LogP contribution in [0.1, 0.15) is 33.6 Å². The van der Waals surface area contributed by atoms with E-state index in [1.54, 1.807) is 27.8 Å². The van der Waals surface area contributed by atoms with E-state index in [1.165, 1.54) is 26.2 Å². The first-order valence-corrected chi connectivity index (χ1v) is 11.9. The van der Waals surface area contributed by atoms with E-state index in [0.717, 1.165) is 0 Å². The van der Waals surface area contributed by atoms with E-state index in [2.05, 4.69) is 20.8 Å². The molecule has 0 spiro atoms. The molecule has 3 aliphatic rings.